The highest BCUT2D eigenvalue weighted by Gasteiger charge is 2.33. The van der Waals surface area contributed by atoms with Gasteiger partial charge in [0.2, 0.25) is 11.8 Å². The molecule has 0 aliphatic carbocycles. The van der Waals surface area contributed by atoms with Crippen molar-refractivity contribution < 1.29 is 27.5 Å². The molecule has 1 heterocycles. The number of carbonyl (C=O) groups is 2. The summed E-state index contributed by atoms with van der Waals surface area (Å²) in [6.07, 6.45) is -1.72. The summed E-state index contributed by atoms with van der Waals surface area (Å²) >= 11 is 0. The van der Waals surface area contributed by atoms with E-state index in [9.17, 15) is 22.8 Å². The van der Waals surface area contributed by atoms with Crippen molar-refractivity contribution in [2.24, 2.45) is 0 Å². The highest BCUT2D eigenvalue weighted by molar-refractivity contribution is 5.93. The van der Waals surface area contributed by atoms with E-state index in [1.807, 2.05) is 18.7 Å². The molecule has 0 bridgehead atoms. The fourth-order valence-electron chi connectivity index (χ4n) is 3.56. The summed E-state index contributed by atoms with van der Waals surface area (Å²) in [5.41, 5.74) is 0.343. The molecule has 1 aliphatic heterocycles. The summed E-state index contributed by atoms with van der Waals surface area (Å²) in [5, 5.41) is 2.61. The zero-order chi connectivity index (χ0) is 21.8. The third kappa shape index (κ3) is 6.62. The van der Waals surface area contributed by atoms with Crippen molar-refractivity contribution in [1.82, 2.24) is 9.80 Å². The molecule has 0 radical (unpaired) electrons. The first-order valence-corrected chi connectivity index (χ1v) is 9.66. The van der Waals surface area contributed by atoms with Crippen LogP contribution in [0.3, 0.4) is 0 Å². The van der Waals surface area contributed by atoms with Crippen molar-refractivity contribution in [3.8, 4) is 5.75 Å². The number of amides is 2. The average Bonchev–Trinajstić information content (AvgIpc) is 2.61. The first-order chi connectivity index (χ1) is 13.5. The lowest BCUT2D eigenvalue weighted by Gasteiger charge is -2.41. The van der Waals surface area contributed by atoms with E-state index in [1.165, 1.54) is 12.1 Å². The number of ether oxygens (including phenoxy) is 1. The predicted octanol–water partition coefficient (Wildman–Crippen LogP) is 3.63. The Hall–Kier alpha value is -2.29. The summed E-state index contributed by atoms with van der Waals surface area (Å²) in [6.45, 7) is 5.83. The van der Waals surface area contributed by atoms with E-state index in [0.29, 0.717) is 5.69 Å². The number of carbonyl (C=O) groups excluding carboxylic acids is 2. The van der Waals surface area contributed by atoms with Gasteiger partial charge in [-0.15, -0.1) is 13.2 Å². The van der Waals surface area contributed by atoms with Gasteiger partial charge in [0.05, 0.1) is 12.6 Å². The third-order valence-electron chi connectivity index (χ3n) is 5.23. The van der Waals surface area contributed by atoms with Crippen molar-refractivity contribution in [2.75, 3.05) is 18.9 Å². The molecule has 1 N–H and O–H groups in total. The number of piperidine rings is 1. The van der Waals surface area contributed by atoms with Crippen LogP contribution in [0.1, 0.15) is 40.0 Å². The van der Waals surface area contributed by atoms with Crippen LogP contribution in [0.15, 0.2) is 24.3 Å². The van der Waals surface area contributed by atoms with E-state index in [0.717, 1.165) is 31.4 Å². The Morgan fingerprint density at radius 3 is 2.28 bits per heavy atom. The van der Waals surface area contributed by atoms with Gasteiger partial charge in [-0.25, -0.2) is 0 Å². The Balaban J connectivity index is 1.90. The maximum absolute atomic E-state index is 12.9. The van der Waals surface area contributed by atoms with Crippen molar-refractivity contribution in [1.29, 1.82) is 0 Å². The van der Waals surface area contributed by atoms with Gasteiger partial charge in [0.25, 0.3) is 0 Å². The predicted molar refractivity (Wildman–Crippen MR) is 103 cm³/mol. The van der Waals surface area contributed by atoms with Crippen LogP contribution < -0.4 is 10.1 Å². The number of anilines is 1. The number of nitrogens with one attached hydrogen (secondary N) is 1. The number of rotatable bonds is 6. The van der Waals surface area contributed by atoms with Crippen molar-refractivity contribution in [2.45, 2.75) is 64.5 Å². The summed E-state index contributed by atoms with van der Waals surface area (Å²) in [5.74, 6) is -0.735. The van der Waals surface area contributed by atoms with Gasteiger partial charge < -0.3 is 15.0 Å². The Morgan fingerprint density at radius 2 is 1.76 bits per heavy atom. The second-order valence-electron chi connectivity index (χ2n) is 7.59. The Kier molecular flexibility index (Phi) is 7.51. The van der Waals surface area contributed by atoms with Crippen LogP contribution in [0.4, 0.5) is 18.9 Å². The van der Waals surface area contributed by atoms with Crippen molar-refractivity contribution in [3.63, 3.8) is 0 Å². The Bertz CT molecular complexity index is 699. The molecule has 2 amide bonds. The molecule has 1 aromatic carbocycles. The molecule has 0 saturated carbocycles. The maximum Gasteiger partial charge on any atom is 0.573 e. The fourth-order valence-corrected chi connectivity index (χ4v) is 3.56. The minimum Gasteiger partial charge on any atom is -0.406 e. The highest BCUT2D eigenvalue weighted by atomic mass is 19.4. The van der Waals surface area contributed by atoms with Gasteiger partial charge in [-0.3, -0.25) is 14.5 Å². The lowest BCUT2D eigenvalue weighted by molar-refractivity contribution is -0.274. The monoisotopic (exact) mass is 415 g/mol. The van der Waals surface area contributed by atoms with Gasteiger partial charge in [0.1, 0.15) is 5.75 Å². The van der Waals surface area contributed by atoms with Gasteiger partial charge in [-0.2, -0.15) is 0 Å². The number of likely N-dealkylation sites (N-methyl/N-ethyl adjacent to an activating group) is 1. The van der Waals surface area contributed by atoms with E-state index >= 15 is 0 Å². The molecule has 162 valence electrons. The van der Waals surface area contributed by atoms with Gasteiger partial charge in [-0.05, 0) is 71.3 Å². The summed E-state index contributed by atoms with van der Waals surface area (Å²) in [4.78, 5) is 28.7. The van der Waals surface area contributed by atoms with Crippen LogP contribution in [-0.2, 0) is 9.59 Å². The maximum atomic E-state index is 12.9. The van der Waals surface area contributed by atoms with Crippen LogP contribution >= 0.6 is 0 Å². The molecule has 1 fully saturated rings. The van der Waals surface area contributed by atoms with Gasteiger partial charge >= 0.3 is 6.36 Å². The quantitative estimate of drug-likeness (QED) is 0.771. The zero-order valence-electron chi connectivity index (χ0n) is 17.1. The molecule has 1 saturated heterocycles. The highest BCUT2D eigenvalue weighted by Crippen LogP contribution is 2.25. The van der Waals surface area contributed by atoms with Gasteiger partial charge in [0, 0.05) is 17.8 Å². The standard InChI is InChI=1S/C20H28F3N3O3/c1-13-6-5-7-14(2)26(13)19(28)15(3)25(4)12-18(27)24-16-8-10-17(11-9-16)29-20(21,22)23/h8-11,13-15H,5-7,12H2,1-4H3,(H,24,27)/t13-,14+,15-/m1/s1. The molecule has 0 unspecified atom stereocenters. The molecule has 6 nitrogen and oxygen atoms in total. The Labute approximate surface area is 169 Å². The molecule has 0 spiro atoms. The summed E-state index contributed by atoms with van der Waals surface area (Å²) < 4.78 is 40.4. The van der Waals surface area contributed by atoms with E-state index in [1.54, 1.807) is 18.9 Å². The Morgan fingerprint density at radius 1 is 1.21 bits per heavy atom. The first kappa shape index (κ1) is 23.0. The molecular formula is C20H28F3N3O3. The summed E-state index contributed by atoms with van der Waals surface area (Å²) in [6, 6.07) is 4.78. The smallest absolute Gasteiger partial charge is 0.406 e. The van der Waals surface area contributed by atoms with E-state index in [-0.39, 0.29) is 36.2 Å². The number of halogens is 3. The van der Waals surface area contributed by atoms with Crippen LogP contribution in [0.25, 0.3) is 0 Å². The lowest BCUT2D eigenvalue weighted by Crippen LogP contribution is -2.54. The second kappa shape index (κ2) is 9.47. The molecular weight excluding hydrogens is 387 g/mol. The first-order valence-electron chi connectivity index (χ1n) is 9.66. The number of hydrogen-bond donors (Lipinski definition) is 1. The molecule has 1 aliphatic rings. The summed E-state index contributed by atoms with van der Waals surface area (Å²) in [7, 11) is 1.70. The third-order valence-corrected chi connectivity index (χ3v) is 5.23. The topological polar surface area (TPSA) is 61.9 Å². The molecule has 2 rings (SSSR count). The minimum absolute atomic E-state index is 0.00588. The fraction of sp³-hybridized carbons (Fsp3) is 0.600. The van der Waals surface area contributed by atoms with E-state index < -0.39 is 12.4 Å². The number of alkyl halides is 3. The second-order valence-corrected chi connectivity index (χ2v) is 7.59. The van der Waals surface area contributed by atoms with Gasteiger partial charge in [0.15, 0.2) is 0 Å². The van der Waals surface area contributed by atoms with Crippen molar-refractivity contribution in [3.05, 3.63) is 24.3 Å². The van der Waals surface area contributed by atoms with E-state index in [2.05, 4.69) is 10.1 Å². The van der Waals surface area contributed by atoms with Crippen LogP contribution in [-0.4, -0.2) is 59.7 Å². The lowest BCUT2D eigenvalue weighted by atomic mass is 9.96. The van der Waals surface area contributed by atoms with Gasteiger partial charge in [-0.1, -0.05) is 0 Å². The largest absolute Gasteiger partial charge is 0.573 e. The van der Waals surface area contributed by atoms with Crippen molar-refractivity contribution >= 4 is 17.5 Å². The zero-order valence-corrected chi connectivity index (χ0v) is 17.1. The SMILES string of the molecule is C[C@H](C(=O)N1[C@H](C)CCC[C@@H]1C)N(C)CC(=O)Nc1ccc(OC(F)(F)F)cc1. The minimum atomic E-state index is -4.76. The normalized spacial score (nSPS) is 21.0. The number of nitrogens with zero attached hydrogens (tertiary/aromatic N) is 2. The van der Waals surface area contributed by atoms with Crippen LogP contribution in [0, 0.1) is 0 Å². The van der Waals surface area contributed by atoms with Crippen LogP contribution in [0.2, 0.25) is 0 Å². The molecule has 3 atom stereocenters. The molecule has 0 aromatic heterocycles. The van der Waals surface area contributed by atoms with Crippen LogP contribution in [0.5, 0.6) is 5.75 Å². The average molecular weight is 415 g/mol. The molecule has 29 heavy (non-hydrogen) atoms. The molecule has 1 aromatic rings. The number of hydrogen-bond acceptors (Lipinski definition) is 4. The number of likely N-dealkylation sites (tertiary alicyclic amines) is 1. The van der Waals surface area contributed by atoms with E-state index in [4.69, 9.17) is 0 Å². The molecule has 9 heteroatoms. The number of benzene rings is 1.